The summed E-state index contributed by atoms with van der Waals surface area (Å²) in [5.74, 6) is -0.0629. The van der Waals surface area contributed by atoms with Crippen molar-refractivity contribution in [3.05, 3.63) is 29.8 Å². The predicted octanol–water partition coefficient (Wildman–Crippen LogP) is 1.51. The molecule has 0 atom stereocenters. The Morgan fingerprint density at radius 2 is 2.00 bits per heavy atom. The lowest BCUT2D eigenvalue weighted by Gasteiger charge is -2.02. The van der Waals surface area contributed by atoms with Gasteiger partial charge in [-0.15, -0.1) is 12.4 Å². The number of rotatable bonds is 2. The van der Waals surface area contributed by atoms with E-state index in [0.717, 1.165) is 5.69 Å². The van der Waals surface area contributed by atoms with Crippen molar-refractivity contribution < 1.29 is 4.79 Å². The molecule has 0 heterocycles. The molecule has 3 nitrogen and oxygen atoms in total. The number of carbonyl (C=O) groups is 1. The minimum absolute atomic E-state index is 0. The van der Waals surface area contributed by atoms with Crippen molar-refractivity contribution in [2.45, 2.75) is 0 Å². The van der Waals surface area contributed by atoms with E-state index >= 15 is 0 Å². The number of nitrogens with one attached hydrogen (secondary N) is 2. The Hall–Kier alpha value is -1.22. The van der Waals surface area contributed by atoms with Gasteiger partial charge in [0.05, 0.1) is 0 Å². The molecule has 1 aromatic carbocycles. The van der Waals surface area contributed by atoms with Crippen LogP contribution in [0.1, 0.15) is 10.4 Å². The highest BCUT2D eigenvalue weighted by Crippen LogP contribution is 2.08. The van der Waals surface area contributed by atoms with Crippen molar-refractivity contribution in [2.24, 2.45) is 0 Å². The summed E-state index contributed by atoms with van der Waals surface area (Å²) in [5, 5.41) is 5.53. The van der Waals surface area contributed by atoms with Crippen LogP contribution in [0.5, 0.6) is 0 Å². The van der Waals surface area contributed by atoms with E-state index in [1.165, 1.54) is 0 Å². The largest absolute Gasteiger partial charge is 0.388 e. The molecule has 13 heavy (non-hydrogen) atoms. The van der Waals surface area contributed by atoms with E-state index in [0.29, 0.717) is 5.56 Å². The Morgan fingerprint density at radius 1 is 1.31 bits per heavy atom. The molecule has 0 fully saturated rings. The van der Waals surface area contributed by atoms with Crippen molar-refractivity contribution >= 4 is 24.0 Å². The molecule has 0 aliphatic carbocycles. The van der Waals surface area contributed by atoms with E-state index in [2.05, 4.69) is 10.6 Å². The molecule has 0 spiro atoms. The van der Waals surface area contributed by atoms with Crippen LogP contribution >= 0.6 is 12.4 Å². The number of anilines is 1. The summed E-state index contributed by atoms with van der Waals surface area (Å²) in [6.07, 6.45) is 0. The van der Waals surface area contributed by atoms with Gasteiger partial charge >= 0.3 is 0 Å². The number of benzene rings is 1. The monoisotopic (exact) mass is 200 g/mol. The topological polar surface area (TPSA) is 41.1 Å². The lowest BCUT2D eigenvalue weighted by molar-refractivity contribution is 0.0963. The van der Waals surface area contributed by atoms with Gasteiger partial charge in [-0.1, -0.05) is 6.07 Å². The van der Waals surface area contributed by atoms with Crippen LogP contribution in [0.2, 0.25) is 0 Å². The Morgan fingerprint density at radius 3 is 2.54 bits per heavy atom. The SMILES string of the molecule is CNC(=O)c1cccc(NC)c1.Cl. The van der Waals surface area contributed by atoms with Crippen molar-refractivity contribution in [3.8, 4) is 0 Å². The van der Waals surface area contributed by atoms with Gasteiger partial charge < -0.3 is 10.6 Å². The van der Waals surface area contributed by atoms with Crippen molar-refractivity contribution in [1.29, 1.82) is 0 Å². The summed E-state index contributed by atoms with van der Waals surface area (Å²) >= 11 is 0. The van der Waals surface area contributed by atoms with Gasteiger partial charge in [-0.2, -0.15) is 0 Å². The Bertz CT molecular complexity index is 289. The van der Waals surface area contributed by atoms with Crippen LogP contribution in [0, 0.1) is 0 Å². The number of amides is 1. The highest BCUT2D eigenvalue weighted by molar-refractivity contribution is 5.94. The van der Waals surface area contributed by atoms with E-state index in [1.807, 2.05) is 19.2 Å². The maximum atomic E-state index is 11.1. The molecule has 72 valence electrons. The molecule has 1 rings (SSSR count). The number of hydrogen-bond donors (Lipinski definition) is 2. The molecular formula is C9H13ClN2O. The van der Waals surface area contributed by atoms with Crippen molar-refractivity contribution in [1.82, 2.24) is 5.32 Å². The first-order valence-corrected chi connectivity index (χ1v) is 3.78. The molecule has 0 saturated carbocycles. The van der Waals surface area contributed by atoms with Gasteiger partial charge in [-0.25, -0.2) is 0 Å². The summed E-state index contributed by atoms with van der Waals surface area (Å²) in [6.45, 7) is 0. The fraction of sp³-hybridized carbons (Fsp3) is 0.222. The van der Waals surface area contributed by atoms with Crippen LogP contribution in [0.25, 0.3) is 0 Å². The fourth-order valence-corrected chi connectivity index (χ4v) is 0.960. The van der Waals surface area contributed by atoms with Gasteiger partial charge in [0.25, 0.3) is 5.91 Å². The van der Waals surface area contributed by atoms with Crippen LogP contribution in [-0.4, -0.2) is 20.0 Å². The predicted molar refractivity (Wildman–Crippen MR) is 56.6 cm³/mol. The van der Waals surface area contributed by atoms with Crippen LogP contribution < -0.4 is 10.6 Å². The van der Waals surface area contributed by atoms with Crippen LogP contribution in [0.4, 0.5) is 5.69 Å². The lowest BCUT2D eigenvalue weighted by Crippen LogP contribution is -2.17. The molecule has 0 unspecified atom stereocenters. The van der Waals surface area contributed by atoms with Crippen LogP contribution in [0.3, 0.4) is 0 Å². The summed E-state index contributed by atoms with van der Waals surface area (Å²) in [6, 6.07) is 7.33. The molecule has 0 aliphatic rings. The van der Waals surface area contributed by atoms with Gasteiger partial charge in [-0.3, -0.25) is 4.79 Å². The van der Waals surface area contributed by atoms with E-state index < -0.39 is 0 Å². The molecule has 0 radical (unpaired) electrons. The first-order chi connectivity index (χ1) is 5.77. The third-order valence-corrected chi connectivity index (χ3v) is 1.64. The van der Waals surface area contributed by atoms with E-state index in [1.54, 1.807) is 19.2 Å². The second kappa shape index (κ2) is 5.43. The molecule has 1 amide bonds. The minimum atomic E-state index is -0.0629. The van der Waals surface area contributed by atoms with Crippen molar-refractivity contribution in [2.75, 3.05) is 19.4 Å². The summed E-state index contributed by atoms with van der Waals surface area (Å²) in [7, 11) is 3.44. The number of halogens is 1. The number of carbonyl (C=O) groups excluding carboxylic acids is 1. The zero-order valence-corrected chi connectivity index (χ0v) is 8.44. The van der Waals surface area contributed by atoms with E-state index in [9.17, 15) is 4.79 Å². The normalized spacial score (nSPS) is 8.46. The average Bonchev–Trinajstić information content (AvgIpc) is 2.17. The quantitative estimate of drug-likeness (QED) is 0.760. The highest BCUT2D eigenvalue weighted by Gasteiger charge is 2.01. The average molecular weight is 201 g/mol. The summed E-state index contributed by atoms with van der Waals surface area (Å²) < 4.78 is 0. The standard InChI is InChI=1S/C9H12N2O.ClH/c1-10-8-5-3-4-7(6-8)9(12)11-2;/h3-6,10H,1-2H3,(H,11,12);1H. The van der Waals surface area contributed by atoms with Gasteiger partial charge in [0.15, 0.2) is 0 Å². The molecule has 0 aliphatic heterocycles. The Labute approximate surface area is 83.9 Å². The molecule has 0 bridgehead atoms. The molecular weight excluding hydrogens is 188 g/mol. The molecule has 2 N–H and O–H groups in total. The van der Waals surface area contributed by atoms with Crippen LogP contribution in [-0.2, 0) is 0 Å². The molecule has 0 aromatic heterocycles. The zero-order valence-electron chi connectivity index (χ0n) is 7.63. The summed E-state index contributed by atoms with van der Waals surface area (Å²) in [4.78, 5) is 11.1. The third kappa shape index (κ3) is 2.95. The zero-order chi connectivity index (χ0) is 8.97. The van der Waals surface area contributed by atoms with Gasteiger partial charge in [0.1, 0.15) is 0 Å². The molecule has 1 aromatic rings. The Kier molecular flexibility index (Phi) is 4.92. The maximum Gasteiger partial charge on any atom is 0.251 e. The van der Waals surface area contributed by atoms with Crippen molar-refractivity contribution in [3.63, 3.8) is 0 Å². The second-order valence-corrected chi connectivity index (χ2v) is 2.41. The minimum Gasteiger partial charge on any atom is -0.388 e. The Balaban J connectivity index is 0.00000144. The van der Waals surface area contributed by atoms with Crippen LogP contribution in [0.15, 0.2) is 24.3 Å². The first-order valence-electron chi connectivity index (χ1n) is 3.78. The van der Waals surface area contributed by atoms with E-state index in [4.69, 9.17) is 0 Å². The maximum absolute atomic E-state index is 11.1. The fourth-order valence-electron chi connectivity index (χ4n) is 0.960. The second-order valence-electron chi connectivity index (χ2n) is 2.41. The van der Waals surface area contributed by atoms with E-state index in [-0.39, 0.29) is 18.3 Å². The smallest absolute Gasteiger partial charge is 0.251 e. The van der Waals surface area contributed by atoms with Gasteiger partial charge in [0.2, 0.25) is 0 Å². The highest BCUT2D eigenvalue weighted by atomic mass is 35.5. The summed E-state index contributed by atoms with van der Waals surface area (Å²) in [5.41, 5.74) is 1.61. The number of hydrogen-bond acceptors (Lipinski definition) is 2. The van der Waals surface area contributed by atoms with Gasteiger partial charge in [-0.05, 0) is 18.2 Å². The molecule has 4 heteroatoms. The lowest BCUT2D eigenvalue weighted by atomic mass is 10.2. The molecule has 0 saturated heterocycles. The first kappa shape index (κ1) is 11.8. The third-order valence-electron chi connectivity index (χ3n) is 1.64. The van der Waals surface area contributed by atoms with Gasteiger partial charge in [0, 0.05) is 25.3 Å².